The Morgan fingerprint density at radius 1 is 1.05 bits per heavy atom. The van der Waals surface area contributed by atoms with Gasteiger partial charge >= 0.3 is 17.9 Å². The van der Waals surface area contributed by atoms with Crippen LogP contribution in [0.5, 0.6) is 17.4 Å². The number of carbonyl (C=O) groups excluding carboxylic acids is 2. The molecule has 0 radical (unpaired) electrons. The van der Waals surface area contributed by atoms with Crippen LogP contribution in [0.3, 0.4) is 0 Å². The summed E-state index contributed by atoms with van der Waals surface area (Å²) in [5.41, 5.74) is -1.97. The molecule has 0 spiro atoms. The molecule has 1 aromatic heterocycles. The quantitative estimate of drug-likeness (QED) is 0.328. The Balaban J connectivity index is 2.43. The Kier molecular flexibility index (Phi) is 9.70. The lowest BCUT2D eigenvalue weighted by atomic mass is 10.1. The summed E-state index contributed by atoms with van der Waals surface area (Å²) in [5.74, 6) is -3.06. The SMILES string of the molecule is COC(=O)CCC(=O)OCCn1c(O)c(C#N)c(C)c(N=Nc2cc(OC)c(OC)cc2C(=O)O)c1=O. The van der Waals surface area contributed by atoms with Crippen molar-refractivity contribution in [3.05, 3.63) is 39.2 Å². The molecule has 2 rings (SSSR count). The summed E-state index contributed by atoms with van der Waals surface area (Å²) >= 11 is 0. The van der Waals surface area contributed by atoms with Gasteiger partial charge in [-0.1, -0.05) is 0 Å². The van der Waals surface area contributed by atoms with Crippen LogP contribution in [-0.4, -0.2) is 60.6 Å². The third kappa shape index (κ3) is 6.60. The normalized spacial score (nSPS) is 10.6. The fourth-order valence-electron chi connectivity index (χ4n) is 3.12. The van der Waals surface area contributed by atoms with Crippen molar-refractivity contribution in [3.8, 4) is 23.4 Å². The molecule has 0 aliphatic carbocycles. The van der Waals surface area contributed by atoms with Gasteiger partial charge in [0.1, 0.15) is 23.9 Å². The number of nitrogens with zero attached hydrogens (tertiary/aromatic N) is 4. The summed E-state index contributed by atoms with van der Waals surface area (Å²) in [6.07, 6.45) is -0.440. The average molecular weight is 516 g/mol. The molecule has 196 valence electrons. The molecule has 0 unspecified atom stereocenters. The third-order valence-electron chi connectivity index (χ3n) is 5.10. The molecule has 2 aromatic rings. The number of hydrogen-bond acceptors (Lipinski definition) is 12. The number of ether oxygens (including phenoxy) is 4. The topological polar surface area (TPSA) is 199 Å². The first-order valence-electron chi connectivity index (χ1n) is 10.6. The highest BCUT2D eigenvalue weighted by Gasteiger charge is 2.21. The van der Waals surface area contributed by atoms with E-state index in [9.17, 15) is 34.7 Å². The molecule has 0 bridgehead atoms. The van der Waals surface area contributed by atoms with E-state index in [0.29, 0.717) is 0 Å². The smallest absolute Gasteiger partial charge is 0.338 e. The van der Waals surface area contributed by atoms with Crippen molar-refractivity contribution in [2.75, 3.05) is 27.9 Å². The molecule has 0 saturated carbocycles. The van der Waals surface area contributed by atoms with Gasteiger partial charge in [0.15, 0.2) is 17.2 Å². The number of aromatic hydroxyl groups is 1. The van der Waals surface area contributed by atoms with Gasteiger partial charge in [-0.05, 0) is 6.92 Å². The van der Waals surface area contributed by atoms with Crippen molar-refractivity contribution in [1.29, 1.82) is 5.26 Å². The first kappa shape index (κ1) is 28.3. The number of carbonyl (C=O) groups is 3. The van der Waals surface area contributed by atoms with Gasteiger partial charge in [-0.25, -0.2) is 4.79 Å². The first-order valence-corrected chi connectivity index (χ1v) is 10.6. The monoisotopic (exact) mass is 516 g/mol. The number of esters is 2. The fraction of sp³-hybridized carbons (Fsp3) is 0.348. The lowest BCUT2D eigenvalue weighted by Crippen LogP contribution is -2.24. The van der Waals surface area contributed by atoms with Crippen LogP contribution in [-0.2, 0) is 25.6 Å². The minimum Gasteiger partial charge on any atom is -0.493 e. The zero-order valence-corrected chi connectivity index (χ0v) is 20.4. The molecule has 1 heterocycles. The van der Waals surface area contributed by atoms with Crippen molar-refractivity contribution < 1.29 is 43.5 Å². The molecule has 0 atom stereocenters. The number of carboxylic acid groups (broad SMARTS) is 1. The van der Waals surface area contributed by atoms with Crippen LogP contribution >= 0.6 is 0 Å². The summed E-state index contributed by atoms with van der Waals surface area (Å²) in [4.78, 5) is 47.7. The Morgan fingerprint density at radius 2 is 1.68 bits per heavy atom. The highest BCUT2D eigenvalue weighted by atomic mass is 16.5. The van der Waals surface area contributed by atoms with E-state index >= 15 is 0 Å². The maximum absolute atomic E-state index is 13.0. The maximum atomic E-state index is 13.0. The summed E-state index contributed by atoms with van der Waals surface area (Å²) in [5, 5.41) is 37.2. The Labute approximate surface area is 210 Å². The number of azo groups is 1. The number of aromatic nitrogens is 1. The molecule has 14 heteroatoms. The van der Waals surface area contributed by atoms with Gasteiger partial charge in [-0.3, -0.25) is 19.0 Å². The van der Waals surface area contributed by atoms with Gasteiger partial charge in [0.25, 0.3) is 5.56 Å². The lowest BCUT2D eigenvalue weighted by Gasteiger charge is -2.13. The van der Waals surface area contributed by atoms with E-state index in [4.69, 9.17) is 14.2 Å². The molecule has 0 fully saturated rings. The van der Waals surface area contributed by atoms with Crippen LogP contribution in [0.15, 0.2) is 27.2 Å². The van der Waals surface area contributed by atoms with Gasteiger partial charge in [-0.15, -0.1) is 10.2 Å². The molecule has 14 nitrogen and oxygen atoms in total. The number of hydrogen-bond donors (Lipinski definition) is 2. The first-order chi connectivity index (χ1) is 17.6. The van der Waals surface area contributed by atoms with Gasteiger partial charge in [0.05, 0.1) is 46.3 Å². The van der Waals surface area contributed by atoms with Gasteiger partial charge < -0.3 is 29.2 Å². The van der Waals surface area contributed by atoms with Crippen LogP contribution < -0.4 is 15.0 Å². The van der Waals surface area contributed by atoms with Crippen molar-refractivity contribution >= 4 is 29.3 Å². The van der Waals surface area contributed by atoms with E-state index in [0.717, 1.165) is 4.57 Å². The number of carboxylic acids is 1. The van der Waals surface area contributed by atoms with E-state index in [1.165, 1.54) is 40.4 Å². The molecule has 0 saturated heterocycles. The molecule has 37 heavy (non-hydrogen) atoms. The van der Waals surface area contributed by atoms with Crippen LogP contribution in [0.4, 0.5) is 11.4 Å². The predicted molar refractivity (Wildman–Crippen MR) is 125 cm³/mol. The van der Waals surface area contributed by atoms with Crippen LogP contribution in [0.1, 0.15) is 34.3 Å². The molecule has 1 aromatic carbocycles. The maximum Gasteiger partial charge on any atom is 0.338 e. The largest absolute Gasteiger partial charge is 0.493 e. The number of pyridine rings is 1. The average Bonchev–Trinajstić information content (AvgIpc) is 2.88. The molecular formula is C23H24N4O10. The summed E-state index contributed by atoms with van der Waals surface area (Å²) in [7, 11) is 3.84. The number of methoxy groups -OCH3 is 3. The van der Waals surface area contributed by atoms with Gasteiger partial charge in [-0.2, -0.15) is 5.26 Å². The van der Waals surface area contributed by atoms with Gasteiger partial charge in [0, 0.05) is 17.7 Å². The van der Waals surface area contributed by atoms with E-state index in [1.54, 1.807) is 6.07 Å². The minimum absolute atomic E-state index is 0.00238. The molecule has 0 aliphatic heterocycles. The zero-order chi connectivity index (χ0) is 27.7. The minimum atomic E-state index is -1.35. The second-order valence-corrected chi connectivity index (χ2v) is 7.27. The number of aromatic carboxylic acids is 1. The molecule has 0 amide bonds. The Hall–Kier alpha value is -4.93. The second-order valence-electron chi connectivity index (χ2n) is 7.27. The second kappa shape index (κ2) is 12.7. The van der Waals surface area contributed by atoms with E-state index in [-0.39, 0.29) is 65.6 Å². The molecular weight excluding hydrogens is 492 g/mol. The van der Waals surface area contributed by atoms with Crippen molar-refractivity contribution in [3.63, 3.8) is 0 Å². The Morgan fingerprint density at radius 3 is 2.24 bits per heavy atom. The summed E-state index contributed by atoms with van der Waals surface area (Å²) in [6.45, 7) is 0.650. The molecule has 0 aliphatic rings. The lowest BCUT2D eigenvalue weighted by molar-refractivity contribution is -0.149. The highest BCUT2D eigenvalue weighted by Crippen LogP contribution is 2.36. The van der Waals surface area contributed by atoms with E-state index < -0.39 is 29.3 Å². The predicted octanol–water partition coefficient (Wildman–Crippen LogP) is 2.36. The third-order valence-corrected chi connectivity index (χ3v) is 5.10. The summed E-state index contributed by atoms with van der Waals surface area (Å²) < 4.78 is 20.4. The number of benzene rings is 1. The van der Waals surface area contributed by atoms with Crippen LogP contribution in [0.2, 0.25) is 0 Å². The van der Waals surface area contributed by atoms with Crippen molar-refractivity contribution in [2.24, 2.45) is 10.2 Å². The van der Waals surface area contributed by atoms with E-state index in [2.05, 4.69) is 15.0 Å². The highest BCUT2D eigenvalue weighted by molar-refractivity contribution is 5.94. The van der Waals surface area contributed by atoms with E-state index in [1.807, 2.05) is 0 Å². The van der Waals surface area contributed by atoms with Gasteiger partial charge in [0.2, 0.25) is 5.88 Å². The number of rotatable bonds is 11. The van der Waals surface area contributed by atoms with Crippen molar-refractivity contribution in [2.45, 2.75) is 26.3 Å². The van der Waals surface area contributed by atoms with Crippen LogP contribution in [0, 0.1) is 18.3 Å². The van der Waals surface area contributed by atoms with Crippen molar-refractivity contribution in [1.82, 2.24) is 4.57 Å². The van der Waals surface area contributed by atoms with Crippen LogP contribution in [0.25, 0.3) is 0 Å². The zero-order valence-electron chi connectivity index (χ0n) is 20.4. The fourth-order valence-corrected chi connectivity index (χ4v) is 3.12. The molecule has 2 N–H and O–H groups in total. The Bertz CT molecular complexity index is 1340. The number of nitriles is 1. The standard InChI is InChI=1S/C23H24N4O10/c1-12-14(11-24)21(30)27(7-8-37-19(29)6-5-18(28)36-4)22(31)20(12)26-25-15-10-17(35-3)16(34-2)9-13(15)23(32)33/h9-10,30H,5-8H2,1-4H3,(H,32,33). The summed E-state index contributed by atoms with van der Waals surface area (Å²) in [6, 6.07) is 4.19.